The number of carboxylic acid groups (broad SMARTS) is 2. The van der Waals surface area contributed by atoms with E-state index in [0.717, 1.165) is 0 Å². The Morgan fingerprint density at radius 1 is 0.923 bits per heavy atom. The second-order valence-corrected chi connectivity index (χ2v) is 3.33. The molecule has 0 aromatic heterocycles. The van der Waals surface area contributed by atoms with Crippen LogP contribution >= 0.6 is 31.9 Å². The molecule has 0 unspecified atom stereocenters. The standard InChI is InChI=1S/2C3H3BrO2.Zn/c2*1-2(4)3(5)6;/h2*1H2,(H,5,6);. The van der Waals surface area contributed by atoms with Crippen LogP contribution in [-0.4, -0.2) is 22.2 Å². The number of halogens is 2. The smallest absolute Gasteiger partial charge is 0.342 e. The van der Waals surface area contributed by atoms with Crippen molar-refractivity contribution >= 4 is 43.8 Å². The molecule has 70 valence electrons. The average Bonchev–Trinajstić information content (AvgIpc) is 1.88. The van der Waals surface area contributed by atoms with Crippen LogP contribution in [0.4, 0.5) is 0 Å². The maximum atomic E-state index is 9.55. The fraction of sp³-hybridized carbons (Fsp3) is 0. The van der Waals surface area contributed by atoms with E-state index in [1.165, 1.54) is 0 Å². The van der Waals surface area contributed by atoms with Gasteiger partial charge in [-0.2, -0.15) is 0 Å². The Hall–Kier alpha value is 0.00338. The van der Waals surface area contributed by atoms with Gasteiger partial charge in [0.05, 0.1) is 8.96 Å². The summed E-state index contributed by atoms with van der Waals surface area (Å²) in [5.74, 6) is -2.04. The van der Waals surface area contributed by atoms with Crippen LogP contribution in [0.25, 0.3) is 0 Å². The van der Waals surface area contributed by atoms with Crippen molar-refractivity contribution in [1.82, 2.24) is 0 Å². The molecule has 0 saturated carbocycles. The van der Waals surface area contributed by atoms with E-state index in [2.05, 4.69) is 45.0 Å². The van der Waals surface area contributed by atoms with E-state index in [1.807, 2.05) is 0 Å². The van der Waals surface area contributed by atoms with Crippen molar-refractivity contribution in [3.8, 4) is 0 Å². The summed E-state index contributed by atoms with van der Waals surface area (Å²) in [5.41, 5.74) is 0. The van der Waals surface area contributed by atoms with Crippen molar-refractivity contribution in [2.45, 2.75) is 0 Å². The molecule has 0 bridgehead atoms. The van der Waals surface area contributed by atoms with E-state index < -0.39 is 11.9 Å². The van der Waals surface area contributed by atoms with Crippen LogP contribution in [-0.2, 0) is 29.1 Å². The Morgan fingerprint density at radius 2 is 1.00 bits per heavy atom. The van der Waals surface area contributed by atoms with Crippen LogP contribution in [0.3, 0.4) is 0 Å². The van der Waals surface area contributed by atoms with E-state index in [0.29, 0.717) is 0 Å². The summed E-state index contributed by atoms with van der Waals surface area (Å²) in [6, 6.07) is 0. The van der Waals surface area contributed by atoms with Crippen LogP contribution in [0.1, 0.15) is 0 Å². The number of rotatable bonds is 2. The Labute approximate surface area is 105 Å². The van der Waals surface area contributed by atoms with Gasteiger partial charge in [0.15, 0.2) is 0 Å². The predicted molar refractivity (Wildman–Crippen MR) is 51.4 cm³/mol. The normalized spacial score (nSPS) is 6.92. The maximum absolute atomic E-state index is 9.55. The summed E-state index contributed by atoms with van der Waals surface area (Å²) in [6.45, 7) is 6.14. The molecule has 0 aromatic carbocycles. The molecular weight excluding hydrogens is 361 g/mol. The largest absolute Gasteiger partial charge is 0.477 e. The van der Waals surface area contributed by atoms with Gasteiger partial charge < -0.3 is 10.2 Å². The molecular formula is C6H6Br2O4Zn. The molecule has 0 atom stereocenters. The van der Waals surface area contributed by atoms with Crippen LogP contribution in [0.15, 0.2) is 22.1 Å². The van der Waals surface area contributed by atoms with Crippen molar-refractivity contribution in [2.24, 2.45) is 0 Å². The Morgan fingerprint density at radius 3 is 1.00 bits per heavy atom. The van der Waals surface area contributed by atoms with Crippen molar-refractivity contribution in [3.63, 3.8) is 0 Å². The first-order chi connectivity index (χ1) is 5.29. The molecule has 0 aliphatic carbocycles. The molecule has 0 heterocycles. The monoisotopic (exact) mass is 364 g/mol. The molecule has 7 heteroatoms. The first-order valence-corrected chi connectivity index (χ1v) is 4.03. The predicted octanol–water partition coefficient (Wildman–Crippen LogP) is 1.96. The van der Waals surface area contributed by atoms with Gasteiger partial charge in [0.1, 0.15) is 0 Å². The molecule has 0 aliphatic rings. The molecule has 0 aliphatic heterocycles. The second-order valence-electron chi connectivity index (χ2n) is 1.42. The summed E-state index contributed by atoms with van der Waals surface area (Å²) >= 11 is 5.29. The van der Waals surface area contributed by atoms with E-state index >= 15 is 0 Å². The van der Waals surface area contributed by atoms with Crippen LogP contribution < -0.4 is 0 Å². The van der Waals surface area contributed by atoms with Crippen LogP contribution in [0, 0.1) is 0 Å². The van der Waals surface area contributed by atoms with Crippen molar-refractivity contribution in [1.29, 1.82) is 0 Å². The van der Waals surface area contributed by atoms with Crippen molar-refractivity contribution in [3.05, 3.63) is 22.1 Å². The summed E-state index contributed by atoms with van der Waals surface area (Å²) in [7, 11) is 0. The van der Waals surface area contributed by atoms with Gasteiger partial charge >= 0.3 is 11.9 Å². The third-order valence-corrected chi connectivity index (χ3v) is 1.14. The number of carboxylic acids is 2. The summed E-state index contributed by atoms with van der Waals surface area (Å²) in [5, 5.41) is 15.7. The molecule has 4 nitrogen and oxygen atoms in total. The Bertz CT molecular complexity index is 179. The molecule has 0 amide bonds. The molecule has 0 radical (unpaired) electrons. The number of carbonyl (C=O) groups is 2. The molecule has 2 N–H and O–H groups in total. The number of hydrogen-bond acceptors (Lipinski definition) is 2. The third kappa shape index (κ3) is 18.8. The molecule has 0 saturated heterocycles. The van der Waals surface area contributed by atoms with Crippen molar-refractivity contribution in [2.75, 3.05) is 0 Å². The number of hydrogen-bond donors (Lipinski definition) is 2. The van der Waals surface area contributed by atoms with Gasteiger partial charge in [-0.3, -0.25) is 0 Å². The fourth-order valence-electron chi connectivity index (χ4n) is 0. The molecule has 0 aromatic rings. The second kappa shape index (κ2) is 10.1. The first-order valence-electron chi connectivity index (χ1n) is 2.44. The van der Waals surface area contributed by atoms with E-state index in [1.54, 1.807) is 0 Å². The topological polar surface area (TPSA) is 74.6 Å². The maximum Gasteiger partial charge on any atom is 0.342 e. The molecule has 0 rings (SSSR count). The average molecular weight is 367 g/mol. The summed E-state index contributed by atoms with van der Waals surface area (Å²) in [4.78, 5) is 19.1. The van der Waals surface area contributed by atoms with Gasteiger partial charge in [0.2, 0.25) is 0 Å². The first kappa shape index (κ1) is 18.7. The zero-order valence-electron chi connectivity index (χ0n) is 6.59. The Kier molecular flexibility index (Phi) is 14.5. The van der Waals surface area contributed by atoms with Gasteiger partial charge in [0, 0.05) is 19.5 Å². The van der Waals surface area contributed by atoms with E-state index in [9.17, 15) is 9.59 Å². The summed E-state index contributed by atoms with van der Waals surface area (Å²) < 4.78 is -0.0231. The number of aliphatic carboxylic acids is 2. The Balaban J connectivity index is -0.000000143. The molecule has 13 heavy (non-hydrogen) atoms. The SMILES string of the molecule is C=C(Br)C(=O)O.C=C(Br)C(=O)O.[Zn]. The quantitative estimate of drug-likeness (QED) is 0.578. The molecule has 0 fully saturated rings. The minimum Gasteiger partial charge on any atom is -0.477 e. The van der Waals surface area contributed by atoms with Gasteiger partial charge in [-0.25, -0.2) is 9.59 Å². The van der Waals surface area contributed by atoms with Crippen LogP contribution in [0.2, 0.25) is 0 Å². The van der Waals surface area contributed by atoms with Gasteiger partial charge in [-0.05, 0) is 31.9 Å². The van der Waals surface area contributed by atoms with Gasteiger partial charge in [0.25, 0.3) is 0 Å². The van der Waals surface area contributed by atoms with Gasteiger partial charge in [-0.15, -0.1) is 0 Å². The minimum absolute atomic E-state index is 0. The van der Waals surface area contributed by atoms with E-state index in [4.69, 9.17) is 10.2 Å². The minimum atomic E-state index is -1.02. The van der Waals surface area contributed by atoms with Gasteiger partial charge in [-0.1, -0.05) is 13.2 Å². The molecule has 0 spiro atoms. The van der Waals surface area contributed by atoms with E-state index in [-0.39, 0.29) is 28.4 Å². The zero-order chi connectivity index (χ0) is 10.3. The summed E-state index contributed by atoms with van der Waals surface area (Å²) in [6.07, 6.45) is 0. The fourth-order valence-corrected chi connectivity index (χ4v) is 0. The van der Waals surface area contributed by atoms with Crippen molar-refractivity contribution < 1.29 is 39.3 Å². The zero-order valence-corrected chi connectivity index (χ0v) is 12.7. The van der Waals surface area contributed by atoms with Crippen LogP contribution in [0.5, 0.6) is 0 Å². The third-order valence-electron chi connectivity index (χ3n) is 0.464.